The van der Waals surface area contributed by atoms with Gasteiger partial charge in [0.05, 0.1) is 0 Å². The van der Waals surface area contributed by atoms with Gasteiger partial charge >= 0.3 is 5.63 Å². The van der Waals surface area contributed by atoms with Crippen LogP contribution in [0.5, 0.6) is 0 Å². The maximum Gasteiger partial charge on any atom is 0.349 e. The SMILES string of the molecule is O=C(Nc1ccc(N2CCN(Cc3ccccc3F)CC2)cc1)c1cc2ccccc2oc1=O. The van der Waals surface area contributed by atoms with Gasteiger partial charge in [0.2, 0.25) is 0 Å². The predicted molar refractivity (Wildman–Crippen MR) is 131 cm³/mol. The van der Waals surface area contributed by atoms with Crippen molar-refractivity contribution in [1.29, 1.82) is 0 Å². The molecule has 0 bridgehead atoms. The average Bonchev–Trinajstić information content (AvgIpc) is 2.86. The molecular weight excluding hydrogens is 433 g/mol. The van der Waals surface area contributed by atoms with Gasteiger partial charge in [0.1, 0.15) is 17.0 Å². The van der Waals surface area contributed by atoms with E-state index in [4.69, 9.17) is 4.42 Å². The number of rotatable bonds is 5. The van der Waals surface area contributed by atoms with Gasteiger partial charge < -0.3 is 14.6 Å². The van der Waals surface area contributed by atoms with Crippen LogP contribution in [0, 0.1) is 5.82 Å². The number of carbonyl (C=O) groups excluding carboxylic acids is 1. The number of nitrogens with zero attached hydrogens (tertiary/aromatic N) is 2. The van der Waals surface area contributed by atoms with Gasteiger partial charge in [-0.1, -0.05) is 36.4 Å². The van der Waals surface area contributed by atoms with Crippen molar-refractivity contribution in [2.24, 2.45) is 0 Å². The van der Waals surface area contributed by atoms with Crippen LogP contribution in [0.2, 0.25) is 0 Å². The zero-order valence-electron chi connectivity index (χ0n) is 18.5. The van der Waals surface area contributed by atoms with Crippen LogP contribution in [-0.2, 0) is 6.54 Å². The summed E-state index contributed by atoms with van der Waals surface area (Å²) in [5.74, 6) is -0.668. The number of nitrogens with one attached hydrogen (secondary N) is 1. The fourth-order valence-corrected chi connectivity index (χ4v) is 4.21. The molecule has 0 atom stereocenters. The van der Waals surface area contributed by atoms with Crippen molar-refractivity contribution < 1.29 is 13.6 Å². The summed E-state index contributed by atoms with van der Waals surface area (Å²) in [5.41, 5.74) is 2.11. The first kappa shape index (κ1) is 21.9. The summed E-state index contributed by atoms with van der Waals surface area (Å²) in [6.45, 7) is 3.94. The van der Waals surface area contributed by atoms with Crippen molar-refractivity contribution in [3.63, 3.8) is 0 Å². The highest BCUT2D eigenvalue weighted by atomic mass is 19.1. The van der Waals surface area contributed by atoms with E-state index in [2.05, 4.69) is 15.1 Å². The van der Waals surface area contributed by atoms with E-state index in [1.165, 1.54) is 6.07 Å². The number of hydrogen-bond donors (Lipinski definition) is 1. The van der Waals surface area contributed by atoms with Crippen molar-refractivity contribution in [1.82, 2.24) is 4.90 Å². The van der Waals surface area contributed by atoms with Crippen molar-refractivity contribution in [2.45, 2.75) is 6.54 Å². The summed E-state index contributed by atoms with van der Waals surface area (Å²) in [6.07, 6.45) is 0. The Labute approximate surface area is 196 Å². The molecule has 0 unspecified atom stereocenters. The van der Waals surface area contributed by atoms with E-state index in [9.17, 15) is 14.0 Å². The van der Waals surface area contributed by atoms with Gasteiger partial charge in [-0.15, -0.1) is 0 Å². The normalized spacial score (nSPS) is 14.3. The summed E-state index contributed by atoms with van der Waals surface area (Å²) in [4.78, 5) is 29.4. The first-order chi connectivity index (χ1) is 16.6. The molecule has 34 heavy (non-hydrogen) atoms. The molecule has 0 aliphatic carbocycles. The van der Waals surface area contributed by atoms with E-state index in [0.29, 0.717) is 23.2 Å². The third-order valence-electron chi connectivity index (χ3n) is 6.10. The largest absolute Gasteiger partial charge is 0.422 e. The van der Waals surface area contributed by atoms with E-state index in [-0.39, 0.29) is 11.4 Å². The highest BCUT2D eigenvalue weighted by Gasteiger charge is 2.19. The number of halogens is 1. The third-order valence-corrected chi connectivity index (χ3v) is 6.10. The second-order valence-corrected chi connectivity index (χ2v) is 8.34. The summed E-state index contributed by atoms with van der Waals surface area (Å²) < 4.78 is 19.2. The fourth-order valence-electron chi connectivity index (χ4n) is 4.21. The lowest BCUT2D eigenvalue weighted by Crippen LogP contribution is -2.46. The molecule has 7 heteroatoms. The van der Waals surface area contributed by atoms with Gasteiger partial charge in [0, 0.05) is 55.0 Å². The number of hydrogen-bond acceptors (Lipinski definition) is 5. The van der Waals surface area contributed by atoms with Gasteiger partial charge in [-0.2, -0.15) is 0 Å². The lowest BCUT2D eigenvalue weighted by atomic mass is 10.1. The summed E-state index contributed by atoms with van der Waals surface area (Å²) >= 11 is 0. The van der Waals surface area contributed by atoms with Crippen molar-refractivity contribution >= 4 is 28.3 Å². The molecule has 5 rings (SSSR count). The molecule has 1 N–H and O–H groups in total. The second kappa shape index (κ2) is 9.49. The van der Waals surface area contributed by atoms with Gasteiger partial charge in [-0.3, -0.25) is 9.69 Å². The number of benzene rings is 3. The van der Waals surface area contributed by atoms with Crippen LogP contribution in [-0.4, -0.2) is 37.0 Å². The lowest BCUT2D eigenvalue weighted by Gasteiger charge is -2.36. The molecule has 3 aromatic carbocycles. The number of piperazine rings is 1. The average molecular weight is 458 g/mol. The first-order valence-electron chi connectivity index (χ1n) is 11.2. The summed E-state index contributed by atoms with van der Waals surface area (Å²) in [6, 6.07) is 23.1. The third kappa shape index (κ3) is 4.70. The molecular formula is C27H24FN3O3. The molecule has 1 aromatic heterocycles. The molecule has 1 aliphatic heterocycles. The molecule has 1 fully saturated rings. The minimum absolute atomic E-state index is 0.0336. The molecule has 1 aliphatic rings. The molecule has 0 spiro atoms. The zero-order valence-corrected chi connectivity index (χ0v) is 18.5. The molecule has 0 radical (unpaired) electrons. The molecule has 2 heterocycles. The van der Waals surface area contributed by atoms with Crippen molar-refractivity contribution in [3.05, 3.63) is 106 Å². The Morgan fingerprint density at radius 3 is 2.38 bits per heavy atom. The van der Waals surface area contributed by atoms with Crippen LogP contribution in [0.15, 0.2) is 88.1 Å². The monoisotopic (exact) mass is 457 g/mol. The minimum atomic E-state index is -0.666. The highest BCUT2D eigenvalue weighted by molar-refractivity contribution is 6.05. The molecule has 1 saturated heterocycles. The number of carbonyl (C=O) groups is 1. The molecule has 1 amide bonds. The van der Waals surface area contributed by atoms with Crippen LogP contribution in [0.4, 0.5) is 15.8 Å². The molecule has 6 nitrogen and oxygen atoms in total. The van der Waals surface area contributed by atoms with Crippen LogP contribution < -0.4 is 15.8 Å². The van der Waals surface area contributed by atoms with Crippen LogP contribution in [0.3, 0.4) is 0 Å². The van der Waals surface area contributed by atoms with Crippen molar-refractivity contribution in [3.8, 4) is 0 Å². The predicted octanol–water partition coefficient (Wildman–Crippen LogP) is 4.51. The van der Waals surface area contributed by atoms with Gasteiger partial charge in [-0.05, 0) is 42.5 Å². The van der Waals surface area contributed by atoms with E-state index in [1.54, 1.807) is 30.3 Å². The van der Waals surface area contributed by atoms with E-state index in [1.807, 2.05) is 42.5 Å². The topological polar surface area (TPSA) is 65.8 Å². The number of amides is 1. The van der Waals surface area contributed by atoms with Crippen LogP contribution in [0.1, 0.15) is 15.9 Å². The summed E-state index contributed by atoms with van der Waals surface area (Å²) in [5, 5.41) is 3.46. The Morgan fingerprint density at radius 1 is 0.912 bits per heavy atom. The van der Waals surface area contributed by atoms with E-state index >= 15 is 0 Å². The maximum atomic E-state index is 13.9. The van der Waals surface area contributed by atoms with E-state index < -0.39 is 11.5 Å². The second-order valence-electron chi connectivity index (χ2n) is 8.34. The van der Waals surface area contributed by atoms with E-state index in [0.717, 1.165) is 37.4 Å². The number of anilines is 2. The zero-order chi connectivity index (χ0) is 23.5. The van der Waals surface area contributed by atoms with Crippen LogP contribution in [0.25, 0.3) is 11.0 Å². The lowest BCUT2D eigenvalue weighted by molar-refractivity contribution is 0.102. The highest BCUT2D eigenvalue weighted by Crippen LogP contribution is 2.21. The molecule has 4 aromatic rings. The van der Waals surface area contributed by atoms with Gasteiger partial charge in [0.15, 0.2) is 0 Å². The minimum Gasteiger partial charge on any atom is -0.422 e. The van der Waals surface area contributed by atoms with Gasteiger partial charge in [0.25, 0.3) is 5.91 Å². The summed E-state index contributed by atoms with van der Waals surface area (Å²) in [7, 11) is 0. The van der Waals surface area contributed by atoms with Crippen molar-refractivity contribution in [2.75, 3.05) is 36.4 Å². The number of fused-ring (bicyclic) bond motifs is 1. The quantitative estimate of drug-likeness (QED) is 0.447. The molecule has 0 saturated carbocycles. The Balaban J connectivity index is 1.20. The Hall–Kier alpha value is -3.97. The Bertz CT molecular complexity index is 1380. The number of para-hydroxylation sites is 1. The Morgan fingerprint density at radius 2 is 1.62 bits per heavy atom. The smallest absolute Gasteiger partial charge is 0.349 e. The standard InChI is InChI=1S/C27H24FN3O3/c28-24-7-3-1-6-20(24)18-30-13-15-31(16-14-30)22-11-9-21(10-12-22)29-26(32)23-17-19-5-2-4-8-25(19)34-27(23)33/h1-12,17H,13-16,18H2,(H,29,32). The van der Waals surface area contributed by atoms with Crippen LogP contribution >= 0.6 is 0 Å². The molecule has 172 valence electrons. The first-order valence-corrected chi connectivity index (χ1v) is 11.2. The van der Waals surface area contributed by atoms with Gasteiger partial charge in [-0.25, -0.2) is 9.18 Å². The Kier molecular flexibility index (Phi) is 6.10. The maximum absolute atomic E-state index is 13.9. The fraction of sp³-hybridized carbons (Fsp3) is 0.185.